The Hall–Kier alpha value is -3.35. The van der Waals surface area contributed by atoms with Gasteiger partial charge in [-0.2, -0.15) is 0 Å². The fraction of sp³-hybridized carbons (Fsp3) is 0.211. The largest absolute Gasteiger partial charge is 0.870 e. The van der Waals surface area contributed by atoms with E-state index in [1.807, 2.05) is 0 Å². The first-order valence-corrected chi connectivity index (χ1v) is 7.55. The lowest BCUT2D eigenvalue weighted by Crippen LogP contribution is -2.03. The van der Waals surface area contributed by atoms with Gasteiger partial charge in [0.1, 0.15) is 5.75 Å². The van der Waals surface area contributed by atoms with E-state index in [0.29, 0.717) is 28.4 Å². The topological polar surface area (TPSA) is 97.3 Å². The number of hydrogen-bond acceptors (Lipinski definition) is 6. The molecule has 7 nitrogen and oxygen atoms in total. The van der Waals surface area contributed by atoms with E-state index in [0.717, 1.165) is 0 Å². The molecule has 2 rings (SSSR count). The van der Waals surface area contributed by atoms with Crippen molar-refractivity contribution in [1.82, 2.24) is 0 Å². The van der Waals surface area contributed by atoms with Gasteiger partial charge >= 0.3 is 5.97 Å². The van der Waals surface area contributed by atoms with Gasteiger partial charge < -0.3 is 29.2 Å². The molecule has 0 heterocycles. The third kappa shape index (κ3) is 3.83. The first-order valence-electron chi connectivity index (χ1n) is 7.55. The summed E-state index contributed by atoms with van der Waals surface area (Å²) in [6, 6.07) is 7.40. The second-order valence-corrected chi connectivity index (χ2v) is 5.19. The molecular formula is C19H19O7-. The molecule has 2 aromatic rings. The van der Waals surface area contributed by atoms with Crippen molar-refractivity contribution in [3.05, 3.63) is 41.5 Å². The van der Waals surface area contributed by atoms with Gasteiger partial charge in [-0.25, -0.2) is 4.79 Å². The first kappa shape index (κ1) is 19.0. The number of aliphatic carboxylic acids is 1. The normalized spacial score (nSPS) is 11.0. The summed E-state index contributed by atoms with van der Waals surface area (Å²) in [6.07, 6.45) is 1.44. The van der Waals surface area contributed by atoms with Crippen molar-refractivity contribution >= 4 is 17.6 Å². The molecule has 0 saturated carbocycles. The Morgan fingerprint density at radius 1 is 0.923 bits per heavy atom. The van der Waals surface area contributed by atoms with E-state index >= 15 is 0 Å². The fourth-order valence-electron chi connectivity index (χ4n) is 2.45. The molecule has 0 saturated heterocycles. The van der Waals surface area contributed by atoms with E-state index in [1.165, 1.54) is 52.7 Å². The van der Waals surface area contributed by atoms with Crippen LogP contribution in [0, 0.1) is 0 Å². The number of hydrogen-bond donors (Lipinski definition) is 1. The predicted molar refractivity (Wildman–Crippen MR) is 94.0 cm³/mol. The van der Waals surface area contributed by atoms with E-state index in [1.54, 1.807) is 12.1 Å². The Bertz CT molecular complexity index is 815. The summed E-state index contributed by atoms with van der Waals surface area (Å²) in [5.41, 5.74) is 0.856. The van der Waals surface area contributed by atoms with Crippen LogP contribution in [0.4, 0.5) is 0 Å². The smallest absolute Gasteiger partial charge is 0.336 e. The van der Waals surface area contributed by atoms with Crippen molar-refractivity contribution in [1.29, 1.82) is 0 Å². The maximum atomic E-state index is 11.8. The molecule has 0 bridgehead atoms. The molecule has 0 radical (unpaired) electrons. The van der Waals surface area contributed by atoms with Crippen LogP contribution in [0.25, 0.3) is 11.6 Å². The third-order valence-corrected chi connectivity index (χ3v) is 3.70. The summed E-state index contributed by atoms with van der Waals surface area (Å²) in [6.45, 7) is 0. The molecular weight excluding hydrogens is 340 g/mol. The number of benzene rings is 2. The molecule has 0 aliphatic carbocycles. The molecule has 0 spiro atoms. The standard InChI is InChI=1S/C19H20O7/c1-23-15-8-11(5-6-14(15)20)7-13(19(21)22)12-9-16(24-2)18(26-4)17(10-12)25-3/h5-10,20H,1-4H3,(H,21,22)/p-1/b13-7+. The van der Waals surface area contributed by atoms with Crippen molar-refractivity contribution in [2.75, 3.05) is 28.4 Å². The summed E-state index contributed by atoms with van der Waals surface area (Å²) in [7, 11) is 5.73. The van der Waals surface area contributed by atoms with Gasteiger partial charge in [-0.15, -0.1) is 0 Å². The Morgan fingerprint density at radius 2 is 1.50 bits per heavy atom. The quantitative estimate of drug-likeness (QED) is 0.599. The molecule has 0 aliphatic rings. The van der Waals surface area contributed by atoms with E-state index < -0.39 is 5.97 Å². The molecule has 2 aromatic carbocycles. The molecule has 7 heteroatoms. The molecule has 0 aromatic heterocycles. The Balaban J connectivity index is 2.62. The number of carboxylic acids is 1. The minimum Gasteiger partial charge on any atom is -0.870 e. The average Bonchev–Trinajstić information content (AvgIpc) is 2.65. The highest BCUT2D eigenvalue weighted by Crippen LogP contribution is 2.40. The number of carboxylic acid groups (broad SMARTS) is 1. The van der Waals surface area contributed by atoms with Gasteiger partial charge in [0.2, 0.25) is 5.75 Å². The lowest BCUT2D eigenvalue weighted by atomic mass is 10.0. The zero-order chi connectivity index (χ0) is 19.3. The van der Waals surface area contributed by atoms with Gasteiger partial charge in [0.05, 0.1) is 34.0 Å². The summed E-state index contributed by atoms with van der Waals surface area (Å²) < 4.78 is 20.8. The number of carbonyl (C=O) groups is 1. The highest BCUT2D eigenvalue weighted by molar-refractivity contribution is 6.20. The van der Waals surface area contributed by atoms with Crippen molar-refractivity contribution < 1.29 is 34.0 Å². The zero-order valence-electron chi connectivity index (χ0n) is 14.9. The van der Waals surface area contributed by atoms with Crippen LogP contribution in [-0.4, -0.2) is 39.5 Å². The Morgan fingerprint density at radius 3 is 1.96 bits per heavy atom. The van der Waals surface area contributed by atoms with Crippen molar-refractivity contribution in [3.63, 3.8) is 0 Å². The lowest BCUT2D eigenvalue weighted by molar-refractivity contribution is -0.270. The van der Waals surface area contributed by atoms with Crippen molar-refractivity contribution in [3.8, 4) is 28.7 Å². The van der Waals surface area contributed by atoms with Gasteiger partial charge in [-0.1, -0.05) is 17.9 Å². The van der Waals surface area contributed by atoms with Crippen LogP contribution in [0.3, 0.4) is 0 Å². The lowest BCUT2D eigenvalue weighted by Gasteiger charge is -2.15. The first-order chi connectivity index (χ1) is 12.4. The van der Waals surface area contributed by atoms with E-state index in [2.05, 4.69) is 0 Å². The monoisotopic (exact) mass is 359 g/mol. The van der Waals surface area contributed by atoms with Crippen LogP contribution in [0.15, 0.2) is 30.3 Å². The fourth-order valence-corrected chi connectivity index (χ4v) is 2.45. The molecule has 26 heavy (non-hydrogen) atoms. The van der Waals surface area contributed by atoms with Crippen LogP contribution in [0.1, 0.15) is 11.1 Å². The Kier molecular flexibility index (Phi) is 5.95. The second kappa shape index (κ2) is 8.15. The van der Waals surface area contributed by atoms with Crippen LogP contribution in [-0.2, 0) is 4.79 Å². The SMILES string of the molecule is COc1cc(/C=C(/C(=O)O)c2cc(OC)c(OC)c(OC)c2)ccc1[O-]. The summed E-state index contributed by atoms with van der Waals surface area (Å²) in [5.74, 6) is -0.268. The number of methoxy groups -OCH3 is 4. The summed E-state index contributed by atoms with van der Waals surface area (Å²) in [5, 5.41) is 21.3. The number of rotatable bonds is 7. The van der Waals surface area contributed by atoms with Gasteiger partial charge in [-0.05, 0) is 35.4 Å². The molecule has 0 atom stereocenters. The predicted octanol–water partition coefficient (Wildman–Crippen LogP) is 2.42. The van der Waals surface area contributed by atoms with Gasteiger partial charge in [0, 0.05) is 0 Å². The maximum Gasteiger partial charge on any atom is 0.336 e. The second-order valence-electron chi connectivity index (χ2n) is 5.19. The molecule has 0 unspecified atom stereocenters. The van der Waals surface area contributed by atoms with Crippen LogP contribution >= 0.6 is 0 Å². The highest BCUT2D eigenvalue weighted by Gasteiger charge is 2.18. The maximum absolute atomic E-state index is 11.8. The molecule has 0 amide bonds. The average molecular weight is 359 g/mol. The van der Waals surface area contributed by atoms with Gasteiger partial charge in [-0.3, -0.25) is 0 Å². The molecule has 0 fully saturated rings. The van der Waals surface area contributed by atoms with E-state index in [9.17, 15) is 15.0 Å². The van der Waals surface area contributed by atoms with Gasteiger partial charge in [0.25, 0.3) is 0 Å². The summed E-state index contributed by atoms with van der Waals surface area (Å²) >= 11 is 0. The highest BCUT2D eigenvalue weighted by atomic mass is 16.5. The molecule has 1 N–H and O–H groups in total. The minimum absolute atomic E-state index is 0.00930. The van der Waals surface area contributed by atoms with E-state index in [4.69, 9.17) is 18.9 Å². The number of ether oxygens (including phenoxy) is 4. The third-order valence-electron chi connectivity index (χ3n) is 3.70. The van der Waals surface area contributed by atoms with E-state index in [-0.39, 0.29) is 17.1 Å². The van der Waals surface area contributed by atoms with Crippen LogP contribution in [0.2, 0.25) is 0 Å². The van der Waals surface area contributed by atoms with Crippen molar-refractivity contribution in [2.24, 2.45) is 0 Å². The molecule has 138 valence electrons. The molecule has 0 aliphatic heterocycles. The minimum atomic E-state index is -1.15. The summed E-state index contributed by atoms with van der Waals surface area (Å²) in [4.78, 5) is 11.8. The van der Waals surface area contributed by atoms with Crippen LogP contribution in [0.5, 0.6) is 28.7 Å². The van der Waals surface area contributed by atoms with Crippen molar-refractivity contribution in [2.45, 2.75) is 0 Å². The van der Waals surface area contributed by atoms with Gasteiger partial charge in [0.15, 0.2) is 11.5 Å². The van der Waals surface area contributed by atoms with Crippen LogP contribution < -0.4 is 24.1 Å². The Labute approximate surface area is 151 Å². The zero-order valence-corrected chi connectivity index (χ0v) is 14.9.